The number of aromatic nitrogens is 1. The summed E-state index contributed by atoms with van der Waals surface area (Å²) in [6.07, 6.45) is 3.87. The van der Waals surface area contributed by atoms with Crippen LogP contribution >= 0.6 is 0 Å². The Morgan fingerprint density at radius 2 is 2.26 bits per heavy atom. The summed E-state index contributed by atoms with van der Waals surface area (Å²) in [6, 6.07) is 4.80. The SMILES string of the molecule is Cc1cc(N2CCOC3CCCC32)c(C#N)c(C)n1. The molecule has 19 heavy (non-hydrogen) atoms. The van der Waals surface area contributed by atoms with Crippen LogP contribution in [0.15, 0.2) is 6.07 Å². The minimum Gasteiger partial charge on any atom is -0.374 e. The van der Waals surface area contributed by atoms with Crippen LogP contribution in [0.2, 0.25) is 0 Å². The third kappa shape index (κ3) is 2.08. The Labute approximate surface area is 114 Å². The van der Waals surface area contributed by atoms with Crippen molar-refractivity contribution in [3.63, 3.8) is 0 Å². The van der Waals surface area contributed by atoms with E-state index >= 15 is 0 Å². The molecule has 0 spiro atoms. The van der Waals surface area contributed by atoms with Crippen molar-refractivity contribution in [3.05, 3.63) is 23.0 Å². The van der Waals surface area contributed by atoms with Gasteiger partial charge in [0.25, 0.3) is 0 Å². The molecule has 0 amide bonds. The third-order valence-corrected chi connectivity index (χ3v) is 4.21. The first-order chi connectivity index (χ1) is 9.20. The molecule has 3 rings (SSSR count). The van der Waals surface area contributed by atoms with Gasteiger partial charge in [0.05, 0.1) is 35.7 Å². The number of aryl methyl sites for hydroxylation is 2. The van der Waals surface area contributed by atoms with Gasteiger partial charge < -0.3 is 9.64 Å². The van der Waals surface area contributed by atoms with E-state index in [1.54, 1.807) is 0 Å². The fourth-order valence-corrected chi connectivity index (χ4v) is 3.40. The summed E-state index contributed by atoms with van der Waals surface area (Å²) in [7, 11) is 0. The average molecular weight is 257 g/mol. The zero-order valence-corrected chi connectivity index (χ0v) is 11.5. The monoisotopic (exact) mass is 257 g/mol. The maximum atomic E-state index is 9.41. The predicted molar refractivity (Wildman–Crippen MR) is 73.2 cm³/mol. The quantitative estimate of drug-likeness (QED) is 0.774. The number of pyridine rings is 1. The Balaban J connectivity index is 2.03. The second-order valence-corrected chi connectivity index (χ2v) is 5.46. The first-order valence-electron chi connectivity index (χ1n) is 6.97. The van der Waals surface area contributed by atoms with Gasteiger partial charge in [-0.3, -0.25) is 4.98 Å². The molecule has 100 valence electrons. The number of anilines is 1. The van der Waals surface area contributed by atoms with E-state index in [0.29, 0.717) is 12.1 Å². The molecule has 1 aliphatic heterocycles. The van der Waals surface area contributed by atoms with Gasteiger partial charge in [0.15, 0.2) is 0 Å². The number of nitriles is 1. The molecule has 0 bridgehead atoms. The van der Waals surface area contributed by atoms with Gasteiger partial charge in [-0.15, -0.1) is 0 Å². The molecule has 2 aliphatic rings. The largest absolute Gasteiger partial charge is 0.374 e. The van der Waals surface area contributed by atoms with Crippen LogP contribution in [-0.2, 0) is 4.74 Å². The van der Waals surface area contributed by atoms with Gasteiger partial charge in [-0.05, 0) is 39.2 Å². The second kappa shape index (κ2) is 4.82. The standard InChI is InChI=1S/C15H19N3O/c1-10-8-14(12(9-16)11(2)17-10)18-6-7-19-15-5-3-4-13(15)18/h8,13,15H,3-7H2,1-2H3. The summed E-state index contributed by atoms with van der Waals surface area (Å²) in [5.74, 6) is 0. The zero-order chi connectivity index (χ0) is 13.4. The molecule has 1 saturated carbocycles. The van der Waals surface area contributed by atoms with Crippen molar-refractivity contribution in [2.24, 2.45) is 0 Å². The number of hydrogen-bond donors (Lipinski definition) is 0. The molecule has 2 atom stereocenters. The topological polar surface area (TPSA) is 49.1 Å². The minimum atomic E-state index is 0.342. The molecular weight excluding hydrogens is 238 g/mol. The lowest BCUT2D eigenvalue weighted by molar-refractivity contribution is 0.0256. The van der Waals surface area contributed by atoms with Gasteiger partial charge in [0, 0.05) is 12.2 Å². The van der Waals surface area contributed by atoms with Crippen LogP contribution in [-0.4, -0.2) is 30.3 Å². The summed E-state index contributed by atoms with van der Waals surface area (Å²) < 4.78 is 5.85. The summed E-state index contributed by atoms with van der Waals surface area (Å²) >= 11 is 0. The highest BCUT2D eigenvalue weighted by Crippen LogP contribution is 2.35. The van der Waals surface area contributed by atoms with Gasteiger partial charge in [-0.2, -0.15) is 5.26 Å². The van der Waals surface area contributed by atoms with E-state index in [4.69, 9.17) is 4.74 Å². The first-order valence-corrected chi connectivity index (χ1v) is 6.97. The predicted octanol–water partition coefficient (Wildman–Crippen LogP) is 2.33. The van der Waals surface area contributed by atoms with Gasteiger partial charge in [-0.25, -0.2) is 0 Å². The lowest BCUT2D eigenvalue weighted by Gasteiger charge is -2.40. The van der Waals surface area contributed by atoms with Crippen molar-refractivity contribution < 1.29 is 4.74 Å². The molecule has 2 unspecified atom stereocenters. The molecule has 1 saturated heterocycles. The maximum absolute atomic E-state index is 9.41. The molecule has 0 N–H and O–H groups in total. The van der Waals surface area contributed by atoms with Crippen molar-refractivity contribution in [2.45, 2.75) is 45.3 Å². The molecular formula is C15H19N3O. The number of hydrogen-bond acceptors (Lipinski definition) is 4. The van der Waals surface area contributed by atoms with Crippen molar-refractivity contribution >= 4 is 5.69 Å². The van der Waals surface area contributed by atoms with Gasteiger partial charge in [0.2, 0.25) is 0 Å². The zero-order valence-electron chi connectivity index (χ0n) is 11.5. The summed E-state index contributed by atoms with van der Waals surface area (Å²) in [5.41, 5.74) is 3.58. The van der Waals surface area contributed by atoms with Gasteiger partial charge >= 0.3 is 0 Å². The van der Waals surface area contributed by atoms with E-state index < -0.39 is 0 Å². The van der Waals surface area contributed by atoms with Crippen molar-refractivity contribution in [1.82, 2.24) is 4.98 Å². The normalized spacial score (nSPS) is 26.1. The highest BCUT2D eigenvalue weighted by molar-refractivity contribution is 5.62. The van der Waals surface area contributed by atoms with E-state index in [2.05, 4.69) is 16.0 Å². The smallest absolute Gasteiger partial charge is 0.103 e. The molecule has 4 nitrogen and oxygen atoms in total. The van der Waals surface area contributed by atoms with Gasteiger partial charge in [0.1, 0.15) is 6.07 Å². The Kier molecular flexibility index (Phi) is 3.16. The fourth-order valence-electron chi connectivity index (χ4n) is 3.40. The van der Waals surface area contributed by atoms with Crippen LogP contribution in [0.1, 0.15) is 36.2 Å². The molecule has 1 aromatic rings. The van der Waals surface area contributed by atoms with Crippen molar-refractivity contribution in [3.8, 4) is 6.07 Å². The Morgan fingerprint density at radius 1 is 1.42 bits per heavy atom. The van der Waals surface area contributed by atoms with Crippen LogP contribution in [0.25, 0.3) is 0 Å². The Bertz CT molecular complexity index is 535. The minimum absolute atomic E-state index is 0.342. The molecule has 1 aliphatic carbocycles. The third-order valence-electron chi connectivity index (χ3n) is 4.21. The number of ether oxygens (including phenoxy) is 1. The Hall–Kier alpha value is -1.60. The molecule has 0 aromatic carbocycles. The van der Waals surface area contributed by atoms with Crippen LogP contribution in [0.5, 0.6) is 0 Å². The number of rotatable bonds is 1. The van der Waals surface area contributed by atoms with Crippen molar-refractivity contribution in [2.75, 3.05) is 18.1 Å². The van der Waals surface area contributed by atoms with Gasteiger partial charge in [-0.1, -0.05) is 0 Å². The molecule has 0 radical (unpaired) electrons. The lowest BCUT2D eigenvalue weighted by atomic mass is 10.1. The van der Waals surface area contributed by atoms with Crippen molar-refractivity contribution in [1.29, 1.82) is 5.26 Å². The fraction of sp³-hybridized carbons (Fsp3) is 0.600. The van der Waals surface area contributed by atoms with Crippen LogP contribution < -0.4 is 4.90 Å². The maximum Gasteiger partial charge on any atom is 0.103 e. The highest BCUT2D eigenvalue weighted by atomic mass is 16.5. The summed E-state index contributed by atoms with van der Waals surface area (Å²) in [6.45, 7) is 5.54. The van der Waals surface area contributed by atoms with E-state index in [9.17, 15) is 5.26 Å². The Morgan fingerprint density at radius 3 is 3.05 bits per heavy atom. The average Bonchev–Trinajstić information content (AvgIpc) is 2.85. The number of fused-ring (bicyclic) bond motifs is 1. The summed E-state index contributed by atoms with van der Waals surface area (Å²) in [5, 5.41) is 9.41. The molecule has 1 aromatic heterocycles. The van der Waals surface area contributed by atoms with E-state index in [0.717, 1.165) is 48.6 Å². The van der Waals surface area contributed by atoms with E-state index in [1.807, 2.05) is 19.9 Å². The van der Waals surface area contributed by atoms with Crippen LogP contribution in [0, 0.1) is 25.2 Å². The second-order valence-electron chi connectivity index (χ2n) is 5.46. The highest BCUT2D eigenvalue weighted by Gasteiger charge is 2.37. The molecule has 2 fully saturated rings. The van der Waals surface area contributed by atoms with Crippen LogP contribution in [0.3, 0.4) is 0 Å². The molecule has 2 heterocycles. The van der Waals surface area contributed by atoms with E-state index in [1.165, 1.54) is 6.42 Å². The number of morpholine rings is 1. The first kappa shape index (κ1) is 12.4. The molecule has 4 heteroatoms. The van der Waals surface area contributed by atoms with E-state index in [-0.39, 0.29) is 0 Å². The summed E-state index contributed by atoms with van der Waals surface area (Å²) in [4.78, 5) is 6.78. The number of nitrogens with zero attached hydrogens (tertiary/aromatic N) is 3. The lowest BCUT2D eigenvalue weighted by Crippen LogP contribution is -2.49. The van der Waals surface area contributed by atoms with Crippen LogP contribution in [0.4, 0.5) is 5.69 Å².